The van der Waals surface area contributed by atoms with E-state index in [1.165, 1.54) is 11.3 Å². The quantitative estimate of drug-likeness (QED) is 0.710. The van der Waals surface area contributed by atoms with Gasteiger partial charge in [-0.25, -0.2) is 0 Å². The fraction of sp³-hybridized carbons (Fsp3) is 0.200. The Hall–Kier alpha value is -1.80. The zero-order valence-electron chi connectivity index (χ0n) is 8.21. The smallest absolute Gasteiger partial charge is 0.270 e. The van der Waals surface area contributed by atoms with Crippen molar-refractivity contribution >= 4 is 21.6 Å². The van der Waals surface area contributed by atoms with Gasteiger partial charge < -0.3 is 10.1 Å². The largest absolute Gasteiger partial charge is 0.506 e. The third-order valence-electron chi connectivity index (χ3n) is 2.42. The average Bonchev–Trinajstić information content (AvgIpc) is 2.43. The first-order valence-corrected chi connectivity index (χ1v) is 5.13. The Morgan fingerprint density at radius 3 is 2.73 bits per heavy atom. The highest BCUT2D eigenvalue weighted by Crippen LogP contribution is 2.34. The fourth-order valence-corrected chi connectivity index (χ4v) is 2.56. The zero-order chi connectivity index (χ0) is 11.2. The molecule has 2 aromatic heterocycles. The maximum absolute atomic E-state index is 11.4. The van der Waals surface area contributed by atoms with E-state index in [9.17, 15) is 9.90 Å². The number of aryl methyl sites for hydroxylation is 2. The fourth-order valence-electron chi connectivity index (χ4n) is 1.50. The monoisotopic (exact) mass is 220 g/mol. The van der Waals surface area contributed by atoms with Crippen LogP contribution in [0, 0.1) is 25.2 Å². The number of aromatic nitrogens is 1. The van der Waals surface area contributed by atoms with E-state index >= 15 is 0 Å². The van der Waals surface area contributed by atoms with Gasteiger partial charge in [-0.2, -0.15) is 5.26 Å². The van der Waals surface area contributed by atoms with E-state index in [1.807, 2.05) is 13.8 Å². The molecule has 2 rings (SSSR count). The molecule has 0 aliphatic heterocycles. The van der Waals surface area contributed by atoms with Gasteiger partial charge >= 0.3 is 0 Å². The van der Waals surface area contributed by atoms with Crippen molar-refractivity contribution in [1.82, 2.24) is 4.98 Å². The molecule has 0 atom stereocenters. The van der Waals surface area contributed by atoms with Crippen molar-refractivity contribution in [2.24, 2.45) is 0 Å². The van der Waals surface area contributed by atoms with Crippen molar-refractivity contribution in [3.8, 4) is 11.8 Å². The first-order chi connectivity index (χ1) is 7.06. The second-order valence-electron chi connectivity index (χ2n) is 3.28. The molecular formula is C10H8N2O2S. The molecule has 76 valence electrons. The molecule has 0 amide bonds. The Morgan fingerprint density at radius 2 is 2.13 bits per heavy atom. The van der Waals surface area contributed by atoms with Gasteiger partial charge in [0.1, 0.15) is 16.6 Å². The maximum Gasteiger partial charge on any atom is 0.270 e. The standard InChI is InChI=1S/C10H8N2O2S/c1-4-5(2)15-10-7(4)8(13)6(3-11)9(14)12-10/h1-2H3,(H2,12,13,14). The molecule has 0 fully saturated rings. The maximum atomic E-state index is 11.4. The summed E-state index contributed by atoms with van der Waals surface area (Å²) in [5, 5.41) is 19.1. The van der Waals surface area contributed by atoms with Crippen LogP contribution < -0.4 is 5.56 Å². The van der Waals surface area contributed by atoms with Crippen LogP contribution in [0.2, 0.25) is 0 Å². The molecule has 5 heteroatoms. The average molecular weight is 220 g/mol. The highest BCUT2D eigenvalue weighted by molar-refractivity contribution is 7.18. The lowest BCUT2D eigenvalue weighted by Crippen LogP contribution is -2.09. The number of fused-ring (bicyclic) bond motifs is 1. The van der Waals surface area contributed by atoms with Gasteiger partial charge in [0.05, 0.1) is 5.39 Å². The van der Waals surface area contributed by atoms with Gasteiger partial charge in [0.2, 0.25) is 0 Å². The molecule has 15 heavy (non-hydrogen) atoms. The number of nitrogens with one attached hydrogen (secondary N) is 1. The number of H-pyrrole nitrogens is 1. The third-order valence-corrected chi connectivity index (χ3v) is 3.55. The van der Waals surface area contributed by atoms with Gasteiger partial charge in [-0.3, -0.25) is 4.79 Å². The number of nitrogens with zero attached hydrogens (tertiary/aromatic N) is 1. The van der Waals surface area contributed by atoms with Crippen molar-refractivity contribution in [3.63, 3.8) is 0 Å². The highest BCUT2D eigenvalue weighted by Gasteiger charge is 2.16. The minimum atomic E-state index is -0.538. The number of aromatic hydroxyl groups is 1. The van der Waals surface area contributed by atoms with Crippen molar-refractivity contribution in [3.05, 3.63) is 26.4 Å². The predicted octanol–water partition coefficient (Wildman–Crippen LogP) is 1.78. The lowest BCUT2D eigenvalue weighted by molar-refractivity contribution is 0.478. The number of hydrogen-bond acceptors (Lipinski definition) is 4. The lowest BCUT2D eigenvalue weighted by atomic mass is 10.1. The summed E-state index contributed by atoms with van der Waals surface area (Å²) < 4.78 is 0. The summed E-state index contributed by atoms with van der Waals surface area (Å²) in [6, 6.07) is 1.70. The molecule has 0 saturated carbocycles. The SMILES string of the molecule is Cc1sc2[nH]c(=O)c(C#N)c(O)c2c1C. The minimum Gasteiger partial charge on any atom is -0.506 e. The van der Waals surface area contributed by atoms with Gasteiger partial charge in [0, 0.05) is 4.88 Å². The van der Waals surface area contributed by atoms with E-state index in [0.717, 1.165) is 10.4 Å². The molecule has 0 bridgehead atoms. The van der Waals surface area contributed by atoms with Crippen LogP contribution in [0.25, 0.3) is 10.2 Å². The summed E-state index contributed by atoms with van der Waals surface area (Å²) in [5.74, 6) is -0.210. The number of aromatic amines is 1. The topological polar surface area (TPSA) is 76.9 Å². The normalized spacial score (nSPS) is 10.5. The highest BCUT2D eigenvalue weighted by atomic mass is 32.1. The van der Waals surface area contributed by atoms with Gasteiger partial charge in [-0.1, -0.05) is 0 Å². The van der Waals surface area contributed by atoms with E-state index in [2.05, 4.69) is 4.98 Å². The molecule has 0 spiro atoms. The van der Waals surface area contributed by atoms with Gasteiger partial charge in [-0.15, -0.1) is 11.3 Å². The molecular weight excluding hydrogens is 212 g/mol. The number of rotatable bonds is 0. The second-order valence-corrected chi connectivity index (χ2v) is 4.50. The van der Waals surface area contributed by atoms with E-state index in [0.29, 0.717) is 10.2 Å². The summed E-state index contributed by atoms with van der Waals surface area (Å²) in [4.78, 5) is 15.6. The van der Waals surface area contributed by atoms with E-state index in [-0.39, 0.29) is 11.3 Å². The minimum absolute atomic E-state index is 0.210. The van der Waals surface area contributed by atoms with Gasteiger partial charge in [0.15, 0.2) is 5.56 Å². The molecule has 4 nitrogen and oxygen atoms in total. The molecule has 2 heterocycles. The van der Waals surface area contributed by atoms with E-state index in [1.54, 1.807) is 6.07 Å². The summed E-state index contributed by atoms with van der Waals surface area (Å²) in [7, 11) is 0. The number of nitriles is 1. The summed E-state index contributed by atoms with van der Waals surface area (Å²) in [6.07, 6.45) is 0. The molecule has 0 unspecified atom stereocenters. The molecule has 0 saturated heterocycles. The Balaban J connectivity index is 3.07. The van der Waals surface area contributed by atoms with Crippen LogP contribution in [0.3, 0.4) is 0 Å². The van der Waals surface area contributed by atoms with Gasteiger partial charge in [-0.05, 0) is 19.4 Å². The summed E-state index contributed by atoms with van der Waals surface area (Å²) >= 11 is 1.40. The van der Waals surface area contributed by atoms with Crippen LogP contribution in [0.1, 0.15) is 16.0 Å². The Kier molecular flexibility index (Phi) is 2.02. The third kappa shape index (κ3) is 1.22. The van der Waals surface area contributed by atoms with Crippen LogP contribution in [-0.4, -0.2) is 10.1 Å². The van der Waals surface area contributed by atoms with E-state index in [4.69, 9.17) is 5.26 Å². The number of hydrogen-bond donors (Lipinski definition) is 2. The number of thiophene rings is 1. The Labute approximate surface area is 89.4 Å². The van der Waals surface area contributed by atoms with Crippen LogP contribution in [0.5, 0.6) is 5.75 Å². The van der Waals surface area contributed by atoms with Crippen molar-refractivity contribution in [2.75, 3.05) is 0 Å². The zero-order valence-corrected chi connectivity index (χ0v) is 9.03. The van der Waals surface area contributed by atoms with Crippen molar-refractivity contribution in [1.29, 1.82) is 5.26 Å². The van der Waals surface area contributed by atoms with Gasteiger partial charge in [0.25, 0.3) is 5.56 Å². The van der Waals surface area contributed by atoms with Crippen molar-refractivity contribution < 1.29 is 5.11 Å². The van der Waals surface area contributed by atoms with Crippen molar-refractivity contribution in [2.45, 2.75) is 13.8 Å². The molecule has 0 aliphatic rings. The molecule has 0 radical (unpaired) electrons. The van der Waals surface area contributed by atoms with Crippen LogP contribution >= 0.6 is 11.3 Å². The molecule has 2 aromatic rings. The van der Waals surface area contributed by atoms with Crippen LogP contribution in [0.4, 0.5) is 0 Å². The summed E-state index contributed by atoms with van der Waals surface area (Å²) in [6.45, 7) is 3.76. The second kappa shape index (κ2) is 3.11. The van der Waals surface area contributed by atoms with Crippen LogP contribution in [0.15, 0.2) is 4.79 Å². The Bertz CT molecular complexity index is 646. The van der Waals surface area contributed by atoms with E-state index < -0.39 is 5.56 Å². The molecule has 0 aromatic carbocycles. The molecule has 0 aliphatic carbocycles. The van der Waals surface area contributed by atoms with Crippen LogP contribution in [-0.2, 0) is 0 Å². The Morgan fingerprint density at radius 1 is 1.47 bits per heavy atom. The predicted molar refractivity (Wildman–Crippen MR) is 58.3 cm³/mol. The first kappa shape index (κ1) is 9.74. The number of pyridine rings is 1. The first-order valence-electron chi connectivity index (χ1n) is 4.31. The lowest BCUT2D eigenvalue weighted by Gasteiger charge is -1.98. The molecule has 2 N–H and O–H groups in total. The summed E-state index contributed by atoms with van der Waals surface area (Å²) in [5.41, 5.74) is 0.146.